The van der Waals surface area contributed by atoms with E-state index in [9.17, 15) is 19.7 Å². The molecule has 0 radical (unpaired) electrons. The van der Waals surface area contributed by atoms with E-state index in [1.807, 2.05) is 0 Å². The van der Waals surface area contributed by atoms with E-state index in [1.165, 1.54) is 23.1 Å². The summed E-state index contributed by atoms with van der Waals surface area (Å²) >= 11 is 0. The summed E-state index contributed by atoms with van der Waals surface area (Å²) in [5.74, 6) is -0.476. The number of nitrogens with zero attached hydrogens (tertiary/aromatic N) is 3. The molecule has 1 fully saturated rings. The number of nitro benzene ring substituents is 1. The highest BCUT2D eigenvalue weighted by molar-refractivity contribution is 6.21. The van der Waals surface area contributed by atoms with Gasteiger partial charge in [0.1, 0.15) is 5.52 Å². The van der Waals surface area contributed by atoms with Gasteiger partial charge in [0.15, 0.2) is 5.58 Å². The zero-order valence-electron chi connectivity index (χ0n) is 15.2. The number of hydrogen-bond donors (Lipinski definition) is 0. The Morgan fingerprint density at radius 2 is 1.97 bits per heavy atom. The molecule has 146 valence electrons. The van der Waals surface area contributed by atoms with E-state index >= 15 is 0 Å². The second-order valence-corrected chi connectivity index (χ2v) is 7.04. The van der Waals surface area contributed by atoms with Crippen LogP contribution < -0.4 is 0 Å². The number of carbonyl (C=O) groups excluding carboxylic acids is 2. The van der Waals surface area contributed by atoms with Crippen LogP contribution in [0.5, 0.6) is 0 Å². The van der Waals surface area contributed by atoms with Gasteiger partial charge >= 0.3 is 0 Å². The Labute approximate surface area is 164 Å². The van der Waals surface area contributed by atoms with Gasteiger partial charge in [-0.25, -0.2) is 4.98 Å². The maximum absolute atomic E-state index is 12.8. The van der Waals surface area contributed by atoms with Gasteiger partial charge in [0.05, 0.1) is 34.8 Å². The average molecular weight is 393 g/mol. The molecule has 1 aromatic heterocycles. The van der Waals surface area contributed by atoms with Crippen LogP contribution in [0.15, 0.2) is 40.8 Å². The third-order valence-corrected chi connectivity index (χ3v) is 5.21. The molecule has 0 unspecified atom stereocenters. The van der Waals surface area contributed by atoms with Crippen molar-refractivity contribution in [3.05, 3.63) is 57.6 Å². The van der Waals surface area contributed by atoms with Crippen LogP contribution in [0.3, 0.4) is 0 Å². The van der Waals surface area contributed by atoms with Crippen LogP contribution in [0.2, 0.25) is 0 Å². The number of benzene rings is 2. The summed E-state index contributed by atoms with van der Waals surface area (Å²) < 4.78 is 11.2. The fourth-order valence-corrected chi connectivity index (χ4v) is 3.73. The molecule has 9 nitrogen and oxygen atoms in total. The van der Waals surface area contributed by atoms with Crippen molar-refractivity contribution in [3.63, 3.8) is 0 Å². The highest BCUT2D eigenvalue weighted by Crippen LogP contribution is 2.31. The van der Waals surface area contributed by atoms with Gasteiger partial charge in [0, 0.05) is 18.2 Å². The molecule has 0 N–H and O–H groups in total. The summed E-state index contributed by atoms with van der Waals surface area (Å²) in [5, 5.41) is 10.9. The van der Waals surface area contributed by atoms with Gasteiger partial charge in [-0.2, -0.15) is 0 Å². The second-order valence-electron chi connectivity index (χ2n) is 7.04. The first kappa shape index (κ1) is 17.5. The fraction of sp³-hybridized carbons (Fsp3) is 0.250. The summed E-state index contributed by atoms with van der Waals surface area (Å²) in [6.45, 7) is 0.891. The number of carbonyl (C=O) groups is 2. The van der Waals surface area contributed by atoms with Crippen molar-refractivity contribution in [1.82, 2.24) is 9.88 Å². The average Bonchev–Trinajstić information content (AvgIpc) is 3.43. The van der Waals surface area contributed by atoms with Crippen molar-refractivity contribution >= 4 is 28.6 Å². The number of ether oxygens (including phenoxy) is 1. The topological polar surface area (TPSA) is 116 Å². The number of hydrogen-bond acceptors (Lipinski definition) is 7. The Hall–Kier alpha value is -3.59. The molecule has 2 aliphatic rings. The van der Waals surface area contributed by atoms with Gasteiger partial charge in [-0.1, -0.05) is 0 Å². The van der Waals surface area contributed by atoms with Crippen LogP contribution in [0, 0.1) is 10.1 Å². The molecule has 9 heteroatoms. The van der Waals surface area contributed by atoms with E-state index in [1.54, 1.807) is 18.2 Å². The van der Waals surface area contributed by atoms with Crippen molar-refractivity contribution in [2.24, 2.45) is 0 Å². The normalized spacial score (nSPS) is 18.6. The quantitative estimate of drug-likeness (QED) is 0.380. The van der Waals surface area contributed by atoms with Gasteiger partial charge in [-0.3, -0.25) is 24.6 Å². The van der Waals surface area contributed by atoms with Crippen LogP contribution in [-0.4, -0.2) is 45.9 Å². The number of fused-ring (bicyclic) bond motifs is 2. The van der Waals surface area contributed by atoms with Crippen molar-refractivity contribution < 1.29 is 23.7 Å². The first-order valence-corrected chi connectivity index (χ1v) is 9.18. The van der Waals surface area contributed by atoms with E-state index in [2.05, 4.69) is 4.98 Å². The van der Waals surface area contributed by atoms with Crippen LogP contribution in [0.4, 0.5) is 5.69 Å². The molecule has 2 amide bonds. The molecule has 1 atom stereocenters. The van der Waals surface area contributed by atoms with Gasteiger partial charge in [0.25, 0.3) is 17.5 Å². The Morgan fingerprint density at radius 3 is 2.72 bits per heavy atom. The molecule has 1 saturated heterocycles. The lowest BCUT2D eigenvalue weighted by molar-refractivity contribution is -0.384. The van der Waals surface area contributed by atoms with Crippen LogP contribution in [0.25, 0.3) is 22.6 Å². The van der Waals surface area contributed by atoms with Crippen LogP contribution in [-0.2, 0) is 4.74 Å². The molecular formula is C20H15N3O6. The zero-order chi connectivity index (χ0) is 20.1. The van der Waals surface area contributed by atoms with E-state index in [-0.39, 0.29) is 41.6 Å². The number of non-ortho nitro benzene ring substituents is 1. The van der Waals surface area contributed by atoms with Crippen molar-refractivity contribution in [2.45, 2.75) is 18.9 Å². The molecule has 2 aromatic carbocycles. The number of imide groups is 1. The number of amides is 2. The Bertz CT molecular complexity index is 1180. The molecule has 5 rings (SSSR count). The van der Waals surface area contributed by atoms with Crippen molar-refractivity contribution in [2.75, 3.05) is 13.2 Å². The summed E-state index contributed by atoms with van der Waals surface area (Å²) in [5.41, 5.74) is 1.79. The zero-order valence-corrected chi connectivity index (χ0v) is 15.2. The predicted molar refractivity (Wildman–Crippen MR) is 100 cm³/mol. The van der Waals surface area contributed by atoms with E-state index in [4.69, 9.17) is 9.15 Å². The molecular weight excluding hydrogens is 378 g/mol. The SMILES string of the molecule is O=C1c2ccc(-c3nc4ccc([N+](=O)[O-])cc4o3)cc2C(=O)N1C[C@H]1CCCO1. The predicted octanol–water partition coefficient (Wildman–Crippen LogP) is 3.18. The Balaban J connectivity index is 1.48. The highest BCUT2D eigenvalue weighted by Gasteiger charge is 2.37. The minimum absolute atomic E-state index is 0.0975. The van der Waals surface area contributed by atoms with E-state index in [0.29, 0.717) is 28.8 Å². The molecule has 29 heavy (non-hydrogen) atoms. The smallest absolute Gasteiger partial charge is 0.273 e. The third-order valence-electron chi connectivity index (χ3n) is 5.21. The fourth-order valence-electron chi connectivity index (χ4n) is 3.73. The maximum Gasteiger partial charge on any atom is 0.273 e. The monoisotopic (exact) mass is 393 g/mol. The second kappa shape index (κ2) is 6.49. The molecule has 3 heterocycles. The number of aromatic nitrogens is 1. The minimum atomic E-state index is -0.510. The Morgan fingerprint density at radius 1 is 1.14 bits per heavy atom. The maximum atomic E-state index is 12.8. The van der Waals surface area contributed by atoms with Gasteiger partial charge in [-0.05, 0) is 37.1 Å². The van der Waals surface area contributed by atoms with Gasteiger partial charge in [-0.15, -0.1) is 0 Å². The largest absolute Gasteiger partial charge is 0.436 e. The molecule has 2 aliphatic heterocycles. The van der Waals surface area contributed by atoms with Gasteiger partial charge < -0.3 is 9.15 Å². The van der Waals surface area contributed by atoms with E-state index < -0.39 is 4.92 Å². The highest BCUT2D eigenvalue weighted by atomic mass is 16.6. The summed E-state index contributed by atoms with van der Waals surface area (Å²) in [6, 6.07) is 8.96. The van der Waals surface area contributed by atoms with Crippen molar-refractivity contribution in [1.29, 1.82) is 0 Å². The molecule has 0 saturated carbocycles. The molecule has 0 spiro atoms. The summed E-state index contributed by atoms with van der Waals surface area (Å²) in [6.07, 6.45) is 1.63. The lowest BCUT2D eigenvalue weighted by atomic mass is 10.1. The van der Waals surface area contributed by atoms with E-state index in [0.717, 1.165) is 12.8 Å². The standard InChI is InChI=1S/C20H15N3O6/c24-19-14-5-3-11(8-15(14)20(25)22(19)10-13-2-1-7-28-13)18-21-16-6-4-12(23(26)27)9-17(16)29-18/h3-6,8-9,13H,1-2,7,10H2/t13-/m1/s1. The number of rotatable bonds is 4. The number of oxazole rings is 1. The summed E-state index contributed by atoms with van der Waals surface area (Å²) in [7, 11) is 0. The lowest BCUT2D eigenvalue weighted by Crippen LogP contribution is -2.36. The van der Waals surface area contributed by atoms with Crippen LogP contribution in [0.1, 0.15) is 33.6 Å². The Kier molecular flexibility index (Phi) is 3.92. The molecule has 3 aromatic rings. The third kappa shape index (κ3) is 2.87. The minimum Gasteiger partial charge on any atom is -0.436 e. The van der Waals surface area contributed by atoms with Gasteiger partial charge in [0.2, 0.25) is 5.89 Å². The number of nitro groups is 1. The lowest BCUT2D eigenvalue weighted by Gasteiger charge is -2.17. The molecule has 0 aliphatic carbocycles. The first-order valence-electron chi connectivity index (χ1n) is 9.18. The van der Waals surface area contributed by atoms with Crippen molar-refractivity contribution in [3.8, 4) is 11.5 Å². The van der Waals surface area contributed by atoms with Crippen LogP contribution >= 0.6 is 0 Å². The first-order chi connectivity index (χ1) is 14.0. The molecule has 0 bridgehead atoms. The summed E-state index contributed by atoms with van der Waals surface area (Å²) in [4.78, 5) is 41.4.